The summed E-state index contributed by atoms with van der Waals surface area (Å²) in [6, 6.07) is 4.70. The van der Waals surface area contributed by atoms with Gasteiger partial charge >= 0.3 is 0 Å². The number of nitrogens with one attached hydrogen (secondary N) is 13. The van der Waals surface area contributed by atoms with Crippen LogP contribution in [0.2, 0.25) is 0 Å². The first-order valence-electron chi connectivity index (χ1n) is 32.9. The number of anilines is 8. The Morgan fingerprint density at radius 3 is 1.21 bits per heavy atom. The third-order valence-electron chi connectivity index (χ3n) is 15.8. The molecule has 0 bridgehead atoms. The highest BCUT2D eigenvalue weighted by Gasteiger charge is 2.26. The first-order valence-corrected chi connectivity index (χ1v) is 32.9. The number of nitrogens with two attached hydrogens (primary N) is 1. The molecule has 0 saturated carbocycles. The molecule has 0 radical (unpaired) electrons. The predicted molar refractivity (Wildman–Crippen MR) is 399 cm³/mol. The van der Waals surface area contributed by atoms with Gasteiger partial charge < -0.3 is 121 Å². The van der Waals surface area contributed by atoms with Gasteiger partial charge in [0, 0.05) is 158 Å². The molecule has 0 unspecified atom stereocenters. The maximum atomic E-state index is 13.5. The molecule has 8 aromatic heterocycles. The zero-order chi connectivity index (χ0) is 77.4. The minimum Gasteiger partial charge on any atom is -0.391 e. The lowest BCUT2D eigenvalue weighted by atomic mass is 10.2. The molecule has 8 heterocycles. The topological polar surface area (TPSA) is 519 Å². The number of carbonyl (C=O) groups is 13. The Morgan fingerprint density at radius 2 is 0.778 bits per heavy atom. The van der Waals surface area contributed by atoms with E-state index in [0.717, 1.165) is 13.0 Å². The molecule has 43 heteroatoms. The molecule has 13 amide bonds. The fourth-order valence-corrected chi connectivity index (χ4v) is 10.6. The van der Waals surface area contributed by atoms with Crippen molar-refractivity contribution in [3.8, 4) is 0 Å². The first-order chi connectivity index (χ1) is 50.2. The van der Waals surface area contributed by atoms with Gasteiger partial charge in [-0.15, -0.1) is 24.8 Å². The summed E-state index contributed by atoms with van der Waals surface area (Å²) in [5.74, 6) is -7.63. The van der Waals surface area contributed by atoms with Crippen molar-refractivity contribution < 1.29 is 67.4 Å². The van der Waals surface area contributed by atoms with Crippen LogP contribution in [-0.2, 0) is 80.4 Å². The van der Waals surface area contributed by atoms with Gasteiger partial charge in [-0.2, -0.15) is 0 Å². The third-order valence-corrected chi connectivity index (χ3v) is 15.8. The number of imidazole rings is 4. The van der Waals surface area contributed by atoms with Gasteiger partial charge in [0.15, 0.2) is 23.3 Å². The van der Waals surface area contributed by atoms with Crippen molar-refractivity contribution in [2.45, 2.75) is 51.2 Å². The zero-order valence-electron chi connectivity index (χ0n) is 60.8. The standard InChI is InChI=1S/C65H85N27O14.2ClH/c1-35(93)72-46-31-91(10)55(78-46)64(105)83-49-34-90(9)54(81-49)63(104)71-26-40(94)25-52(97)77-47-32-92(11)56(79-47)65(106)82-48-33-89(8)53(80-48)62(103)70-17-13-41(66)57(98)74-37-24-45(88(7)28-37)61(102)76-39-23-43(86(5)30-39)59(100)69-19-15-51(96)73-36-21-44(87(6)27-36)60(101)75-38-22-42(85(4)29-38)58(99)68-18-14-50(95)67-16-12-20-84(2)3;;/h21-24,27-34,40-41,94H,12-20,25-26,66H2,1-11H3,(H,67,95)(H,68,99)(H,69,100)(H,70,103)(H,71,104)(H,72,93)(H,73,96)(H,74,98)(H,75,101)(H,76,102)(H,77,97)(H,82,106)(H,83,105);2*1H/t40-,41+;;/m0../s1. The Balaban J connectivity index is 0.00000912. The Labute approximate surface area is 629 Å². The molecule has 0 fully saturated rings. The third kappa shape index (κ3) is 23.3. The van der Waals surface area contributed by atoms with Crippen molar-refractivity contribution >= 4 is 148 Å². The SMILES string of the molecule is CC(=O)Nc1cn(C)c(C(=O)Nc2cn(C)c(C(=O)NC[C@@H](O)CC(=O)Nc3cn(C)c(C(=O)Nc4cn(C)c(C(=O)NCC[C@@H](N)C(=O)Nc5cc(C(=O)Nc6cc(C(=O)NCCC(=O)Nc7cc(C(=O)Nc8cc(C(=O)NCCC(=O)NCCCN(C)C)n(C)c8)n(C)c7)n(C)c6)n(C)c5)n4)n3)n2)n1.Cl.Cl. The second kappa shape index (κ2) is 38.0. The van der Waals surface area contributed by atoms with Crippen LogP contribution in [0.25, 0.3) is 0 Å². The molecule has 0 aliphatic heterocycles. The number of aliphatic hydroxyl groups is 1. The molecule has 580 valence electrons. The maximum absolute atomic E-state index is 13.5. The van der Waals surface area contributed by atoms with Crippen LogP contribution in [0.3, 0.4) is 0 Å². The molecule has 2 atom stereocenters. The van der Waals surface area contributed by atoms with Crippen LogP contribution in [0.5, 0.6) is 0 Å². The van der Waals surface area contributed by atoms with Gasteiger partial charge in [-0.05, 0) is 57.7 Å². The number of aliphatic hydroxyl groups excluding tert-OH is 1. The van der Waals surface area contributed by atoms with E-state index in [1.807, 2.05) is 19.0 Å². The van der Waals surface area contributed by atoms with E-state index < -0.39 is 83.5 Å². The largest absolute Gasteiger partial charge is 0.391 e. The summed E-state index contributed by atoms with van der Waals surface area (Å²) < 4.78 is 11.4. The van der Waals surface area contributed by atoms with Crippen molar-refractivity contribution in [1.82, 2.24) is 88.0 Å². The minimum atomic E-state index is -1.38. The molecule has 108 heavy (non-hydrogen) atoms. The van der Waals surface area contributed by atoms with Crippen LogP contribution in [-0.4, -0.2) is 209 Å². The minimum absolute atomic E-state index is 0. The van der Waals surface area contributed by atoms with E-state index in [0.29, 0.717) is 17.9 Å². The molecule has 41 nitrogen and oxygen atoms in total. The number of nitrogens with zero attached hydrogens (tertiary/aromatic N) is 13. The Hall–Kier alpha value is -12.5. The van der Waals surface area contributed by atoms with Crippen molar-refractivity contribution in [3.05, 3.63) is 120 Å². The zero-order valence-corrected chi connectivity index (χ0v) is 62.5. The second-order valence-electron chi connectivity index (χ2n) is 25.0. The molecule has 0 aliphatic carbocycles. The van der Waals surface area contributed by atoms with Crippen LogP contribution in [0.15, 0.2) is 73.8 Å². The highest BCUT2D eigenvalue weighted by atomic mass is 35.5. The summed E-state index contributed by atoms with van der Waals surface area (Å²) in [4.78, 5) is 187. The maximum Gasteiger partial charge on any atom is 0.292 e. The number of amides is 13. The fraction of sp³-hybridized carbons (Fsp3) is 0.369. The summed E-state index contributed by atoms with van der Waals surface area (Å²) in [6.07, 6.45) is 10.5. The van der Waals surface area contributed by atoms with E-state index in [1.54, 1.807) is 52.2 Å². The Kier molecular flexibility index (Phi) is 29.7. The van der Waals surface area contributed by atoms with Gasteiger partial charge in [-0.3, -0.25) is 62.3 Å². The number of aryl methyl sites for hydroxylation is 8. The Bertz CT molecular complexity index is 4680. The van der Waals surface area contributed by atoms with Gasteiger partial charge in [0.2, 0.25) is 52.8 Å². The molecule has 8 aromatic rings. The van der Waals surface area contributed by atoms with Crippen LogP contribution in [0, 0.1) is 0 Å². The van der Waals surface area contributed by atoms with E-state index in [-0.39, 0.29) is 163 Å². The monoisotopic (exact) mass is 1540 g/mol. The number of carbonyl (C=O) groups excluding carboxylic acids is 13. The lowest BCUT2D eigenvalue weighted by molar-refractivity contribution is -0.121. The normalized spacial score (nSPS) is 11.4. The van der Waals surface area contributed by atoms with Crippen molar-refractivity contribution in [3.63, 3.8) is 0 Å². The van der Waals surface area contributed by atoms with E-state index in [1.165, 1.54) is 121 Å². The Morgan fingerprint density at radius 1 is 0.407 bits per heavy atom. The van der Waals surface area contributed by atoms with Crippen LogP contribution in [0.1, 0.15) is 123 Å². The molecular formula is C65H87Cl2N27O14. The summed E-state index contributed by atoms with van der Waals surface area (Å²) in [5, 5.41) is 44.8. The number of aromatic nitrogens is 12. The lowest BCUT2D eigenvalue weighted by Crippen LogP contribution is -2.39. The second-order valence-corrected chi connectivity index (χ2v) is 25.0. The highest BCUT2D eigenvalue weighted by Crippen LogP contribution is 2.22. The van der Waals surface area contributed by atoms with Crippen molar-refractivity contribution in [1.29, 1.82) is 0 Å². The molecule has 16 N–H and O–H groups in total. The average Bonchev–Trinajstić information content (AvgIpc) is 1.69. The molecule has 0 aromatic carbocycles. The number of hydrogen-bond donors (Lipinski definition) is 15. The highest BCUT2D eigenvalue weighted by molar-refractivity contribution is 6.08. The van der Waals surface area contributed by atoms with Crippen LogP contribution >= 0.6 is 24.8 Å². The van der Waals surface area contributed by atoms with Gasteiger partial charge in [0.05, 0.1) is 41.3 Å². The smallest absolute Gasteiger partial charge is 0.292 e. The van der Waals surface area contributed by atoms with Gasteiger partial charge in [-0.25, -0.2) is 19.9 Å². The van der Waals surface area contributed by atoms with Crippen molar-refractivity contribution in [2.24, 2.45) is 62.1 Å². The average molecular weight is 1540 g/mol. The van der Waals surface area contributed by atoms with E-state index in [9.17, 15) is 67.4 Å². The quantitative estimate of drug-likeness (QED) is 0.0235. The van der Waals surface area contributed by atoms with Gasteiger partial charge in [-0.1, -0.05) is 0 Å². The molecule has 8 rings (SSSR count). The van der Waals surface area contributed by atoms with Crippen LogP contribution < -0.4 is 74.9 Å². The summed E-state index contributed by atoms with van der Waals surface area (Å²) >= 11 is 0. The molecule has 0 spiro atoms. The number of rotatable bonds is 34. The van der Waals surface area contributed by atoms with Crippen molar-refractivity contribution in [2.75, 3.05) is 95.9 Å². The number of halogens is 2. The summed E-state index contributed by atoms with van der Waals surface area (Å²) in [5.41, 5.74) is 8.09. The van der Waals surface area contributed by atoms with E-state index in [4.69, 9.17) is 5.73 Å². The lowest BCUT2D eigenvalue weighted by Gasteiger charge is -2.12. The van der Waals surface area contributed by atoms with Gasteiger partial charge in [0.25, 0.3) is 47.3 Å². The van der Waals surface area contributed by atoms with E-state index >= 15 is 0 Å². The predicted octanol–water partition coefficient (Wildman–Crippen LogP) is -0.0624. The molecular weight excluding hydrogens is 1450 g/mol. The number of hydrogen-bond acceptors (Lipinski definition) is 20. The van der Waals surface area contributed by atoms with Crippen LogP contribution in [0.4, 0.5) is 46.0 Å². The molecule has 0 saturated heterocycles. The first kappa shape index (κ1) is 84.5. The van der Waals surface area contributed by atoms with Gasteiger partial charge in [0.1, 0.15) is 22.8 Å². The summed E-state index contributed by atoms with van der Waals surface area (Å²) in [6.45, 7) is 2.26. The van der Waals surface area contributed by atoms with E-state index in [2.05, 4.69) is 89.1 Å². The molecule has 0 aliphatic rings. The fourth-order valence-electron chi connectivity index (χ4n) is 10.6. The summed E-state index contributed by atoms with van der Waals surface area (Å²) in [7, 11) is 16.4.